The lowest BCUT2D eigenvalue weighted by Crippen LogP contribution is -2.49. The minimum atomic E-state index is -3.97. The van der Waals surface area contributed by atoms with Crippen molar-refractivity contribution in [3.8, 4) is 0 Å². The van der Waals surface area contributed by atoms with E-state index in [4.69, 9.17) is 5.73 Å². The summed E-state index contributed by atoms with van der Waals surface area (Å²) < 4.78 is 39.6. The van der Waals surface area contributed by atoms with Gasteiger partial charge in [0.25, 0.3) is 0 Å². The SMILES string of the molecule is CCC(N)(CC)CNC(=O)CCNS(=O)(=O)c1ccccc1F.Cl. The van der Waals surface area contributed by atoms with Crippen LogP contribution in [-0.4, -0.2) is 33.0 Å². The maximum Gasteiger partial charge on any atom is 0.243 e. The van der Waals surface area contributed by atoms with Crippen molar-refractivity contribution in [3.05, 3.63) is 30.1 Å². The fourth-order valence-corrected chi connectivity index (χ4v) is 3.01. The number of nitrogens with two attached hydrogens (primary N) is 1. The quantitative estimate of drug-likeness (QED) is 0.604. The largest absolute Gasteiger partial charge is 0.354 e. The predicted molar refractivity (Wildman–Crippen MR) is 94.0 cm³/mol. The van der Waals surface area contributed by atoms with Crippen LogP contribution in [0, 0.1) is 5.82 Å². The Labute approximate surface area is 148 Å². The molecule has 0 aliphatic carbocycles. The molecule has 0 heterocycles. The van der Waals surface area contributed by atoms with Crippen molar-refractivity contribution in [2.45, 2.75) is 43.5 Å². The van der Waals surface area contributed by atoms with Gasteiger partial charge in [0.15, 0.2) is 0 Å². The summed E-state index contributed by atoms with van der Waals surface area (Å²) in [6.07, 6.45) is 1.41. The predicted octanol–water partition coefficient (Wildman–Crippen LogP) is 1.55. The van der Waals surface area contributed by atoms with E-state index in [1.54, 1.807) is 0 Å². The van der Waals surface area contributed by atoms with Gasteiger partial charge in [-0.15, -0.1) is 12.4 Å². The summed E-state index contributed by atoms with van der Waals surface area (Å²) in [6.45, 7) is 4.10. The van der Waals surface area contributed by atoms with Crippen molar-refractivity contribution in [2.75, 3.05) is 13.1 Å². The van der Waals surface area contributed by atoms with Crippen molar-refractivity contribution >= 4 is 28.3 Å². The van der Waals surface area contributed by atoms with Crippen molar-refractivity contribution in [2.24, 2.45) is 5.73 Å². The van der Waals surface area contributed by atoms with Gasteiger partial charge in [-0.2, -0.15) is 0 Å². The molecule has 1 rings (SSSR count). The third kappa shape index (κ3) is 6.72. The molecule has 1 aromatic carbocycles. The van der Waals surface area contributed by atoms with Gasteiger partial charge in [-0.05, 0) is 25.0 Å². The molecule has 138 valence electrons. The van der Waals surface area contributed by atoms with Crippen LogP contribution in [0.15, 0.2) is 29.2 Å². The van der Waals surface area contributed by atoms with Gasteiger partial charge in [-0.3, -0.25) is 4.79 Å². The standard InChI is InChI=1S/C15H24FN3O3S.ClH/c1-3-15(17,4-2)11-18-14(20)9-10-19-23(21,22)13-8-6-5-7-12(13)16;/h5-8,19H,3-4,9-11,17H2,1-2H3,(H,18,20);1H. The number of halogens is 2. The highest BCUT2D eigenvalue weighted by molar-refractivity contribution is 7.89. The van der Waals surface area contributed by atoms with E-state index in [-0.39, 0.29) is 31.3 Å². The first-order valence-electron chi connectivity index (χ1n) is 7.54. The lowest BCUT2D eigenvalue weighted by atomic mass is 9.94. The molecule has 0 unspecified atom stereocenters. The van der Waals surface area contributed by atoms with Gasteiger partial charge in [0.2, 0.25) is 15.9 Å². The van der Waals surface area contributed by atoms with Gasteiger partial charge in [0.1, 0.15) is 10.7 Å². The van der Waals surface area contributed by atoms with E-state index < -0.39 is 26.3 Å². The Hall–Kier alpha value is -1.22. The van der Waals surface area contributed by atoms with E-state index in [0.717, 1.165) is 18.9 Å². The van der Waals surface area contributed by atoms with Crippen LogP contribution >= 0.6 is 12.4 Å². The molecule has 9 heteroatoms. The maximum absolute atomic E-state index is 13.5. The van der Waals surface area contributed by atoms with Crippen LogP contribution in [0.5, 0.6) is 0 Å². The Morgan fingerprint density at radius 3 is 2.38 bits per heavy atom. The molecule has 1 aromatic rings. The zero-order valence-corrected chi connectivity index (χ0v) is 15.5. The minimum absolute atomic E-state index is 0. The summed E-state index contributed by atoms with van der Waals surface area (Å²) in [5.74, 6) is -1.14. The molecular weight excluding hydrogens is 357 g/mol. The summed E-state index contributed by atoms with van der Waals surface area (Å²) in [7, 11) is -3.97. The number of sulfonamides is 1. The Morgan fingerprint density at radius 2 is 1.83 bits per heavy atom. The Morgan fingerprint density at radius 1 is 1.25 bits per heavy atom. The molecule has 0 aromatic heterocycles. The molecule has 0 saturated heterocycles. The number of hydrogen-bond acceptors (Lipinski definition) is 4. The molecule has 4 N–H and O–H groups in total. The van der Waals surface area contributed by atoms with Gasteiger partial charge in [0, 0.05) is 25.0 Å². The second-order valence-electron chi connectivity index (χ2n) is 5.42. The molecule has 0 radical (unpaired) electrons. The summed E-state index contributed by atoms with van der Waals surface area (Å²) in [5.41, 5.74) is 5.61. The van der Waals surface area contributed by atoms with Crippen LogP contribution in [0.25, 0.3) is 0 Å². The molecule has 0 spiro atoms. The zero-order valence-electron chi connectivity index (χ0n) is 13.8. The molecule has 0 aliphatic rings. The average molecular weight is 382 g/mol. The normalized spacial score (nSPS) is 11.7. The average Bonchev–Trinajstić information content (AvgIpc) is 2.52. The Bertz CT molecular complexity index is 637. The van der Waals surface area contributed by atoms with Gasteiger partial charge < -0.3 is 11.1 Å². The first-order valence-corrected chi connectivity index (χ1v) is 9.02. The van der Waals surface area contributed by atoms with Crippen LogP contribution in [0.3, 0.4) is 0 Å². The monoisotopic (exact) mass is 381 g/mol. The Kier molecular flexibility index (Phi) is 9.42. The van der Waals surface area contributed by atoms with E-state index in [0.29, 0.717) is 6.54 Å². The zero-order chi connectivity index (χ0) is 17.5. The second kappa shape index (κ2) is 9.93. The van der Waals surface area contributed by atoms with Crippen molar-refractivity contribution < 1.29 is 17.6 Å². The highest BCUT2D eigenvalue weighted by atomic mass is 35.5. The molecule has 6 nitrogen and oxygen atoms in total. The molecule has 0 fully saturated rings. The van der Waals surface area contributed by atoms with Gasteiger partial charge >= 0.3 is 0 Å². The number of rotatable bonds is 9. The van der Waals surface area contributed by atoms with Crippen molar-refractivity contribution in [1.82, 2.24) is 10.0 Å². The summed E-state index contributed by atoms with van der Waals surface area (Å²) in [6, 6.07) is 5.07. The minimum Gasteiger partial charge on any atom is -0.354 e. The highest BCUT2D eigenvalue weighted by Gasteiger charge is 2.21. The number of carbonyl (C=O) groups excluding carboxylic acids is 1. The first-order chi connectivity index (χ1) is 10.7. The van der Waals surface area contributed by atoms with E-state index >= 15 is 0 Å². The molecule has 0 bridgehead atoms. The van der Waals surface area contributed by atoms with Crippen LogP contribution < -0.4 is 15.8 Å². The van der Waals surface area contributed by atoms with Crippen LogP contribution in [0.4, 0.5) is 4.39 Å². The summed E-state index contributed by atoms with van der Waals surface area (Å²) >= 11 is 0. The molecule has 0 saturated carbocycles. The second-order valence-corrected chi connectivity index (χ2v) is 7.16. The number of benzene rings is 1. The smallest absolute Gasteiger partial charge is 0.243 e. The number of hydrogen-bond donors (Lipinski definition) is 3. The van der Waals surface area contributed by atoms with E-state index in [1.807, 2.05) is 13.8 Å². The van der Waals surface area contributed by atoms with E-state index in [1.165, 1.54) is 18.2 Å². The molecule has 0 atom stereocenters. The van der Waals surface area contributed by atoms with Gasteiger partial charge in [-0.1, -0.05) is 26.0 Å². The highest BCUT2D eigenvalue weighted by Crippen LogP contribution is 2.13. The third-order valence-electron chi connectivity index (χ3n) is 3.82. The van der Waals surface area contributed by atoms with Gasteiger partial charge in [-0.25, -0.2) is 17.5 Å². The van der Waals surface area contributed by atoms with Crippen LogP contribution in [-0.2, 0) is 14.8 Å². The fourth-order valence-electron chi connectivity index (χ4n) is 1.90. The lowest BCUT2D eigenvalue weighted by molar-refractivity contribution is -0.121. The van der Waals surface area contributed by atoms with Crippen LogP contribution in [0.1, 0.15) is 33.1 Å². The lowest BCUT2D eigenvalue weighted by Gasteiger charge is -2.26. The topological polar surface area (TPSA) is 101 Å². The number of carbonyl (C=O) groups is 1. The molecule has 24 heavy (non-hydrogen) atoms. The molecule has 0 aliphatic heterocycles. The van der Waals surface area contributed by atoms with Crippen LogP contribution in [0.2, 0.25) is 0 Å². The van der Waals surface area contributed by atoms with Crippen molar-refractivity contribution in [1.29, 1.82) is 0 Å². The van der Waals surface area contributed by atoms with Gasteiger partial charge in [0.05, 0.1) is 0 Å². The first kappa shape index (κ1) is 22.8. The molecular formula is C15H25ClFN3O3S. The maximum atomic E-state index is 13.5. The molecule has 1 amide bonds. The van der Waals surface area contributed by atoms with E-state index in [9.17, 15) is 17.6 Å². The Balaban J connectivity index is 0.00000529. The third-order valence-corrected chi connectivity index (χ3v) is 5.31. The summed E-state index contributed by atoms with van der Waals surface area (Å²) in [4.78, 5) is 11.3. The summed E-state index contributed by atoms with van der Waals surface area (Å²) in [5, 5.41) is 2.69. The number of amides is 1. The van der Waals surface area contributed by atoms with E-state index in [2.05, 4.69) is 10.0 Å². The van der Waals surface area contributed by atoms with Crippen molar-refractivity contribution in [3.63, 3.8) is 0 Å². The number of nitrogens with one attached hydrogen (secondary N) is 2. The fraction of sp³-hybridized carbons (Fsp3) is 0.533.